The molecule has 1 aromatic heterocycles. The number of hydrogen-bond acceptors (Lipinski definition) is 3. The zero-order chi connectivity index (χ0) is 13.5. The van der Waals surface area contributed by atoms with Gasteiger partial charge in [0.05, 0.1) is 6.54 Å². The summed E-state index contributed by atoms with van der Waals surface area (Å²) < 4.78 is 5.42. The zero-order valence-corrected chi connectivity index (χ0v) is 10.3. The molecule has 0 radical (unpaired) electrons. The summed E-state index contributed by atoms with van der Waals surface area (Å²) in [6.45, 7) is 0.683. The van der Waals surface area contributed by atoms with E-state index in [9.17, 15) is 9.59 Å². The molecule has 2 N–H and O–H groups in total. The third-order valence-corrected chi connectivity index (χ3v) is 2.46. The predicted molar refractivity (Wildman–Crippen MR) is 71.3 cm³/mol. The van der Waals surface area contributed by atoms with Gasteiger partial charge >= 0.3 is 0 Å². The quantitative estimate of drug-likeness (QED) is 0.791. The summed E-state index contributed by atoms with van der Waals surface area (Å²) >= 11 is 0. The number of hydrogen-bond donors (Lipinski definition) is 2. The van der Waals surface area contributed by atoms with Crippen LogP contribution >= 0.6 is 0 Å². The van der Waals surface area contributed by atoms with Gasteiger partial charge in [-0.15, -0.1) is 0 Å². The van der Waals surface area contributed by atoms with Crippen LogP contribution in [0.4, 0.5) is 0 Å². The minimum Gasteiger partial charge on any atom is -0.492 e. The first-order valence-electron chi connectivity index (χ1n) is 5.91. The summed E-state index contributed by atoms with van der Waals surface area (Å²) in [4.78, 5) is 25.5. The highest BCUT2D eigenvalue weighted by atomic mass is 16.5. The van der Waals surface area contributed by atoms with Crippen LogP contribution in [0.1, 0.15) is 10.4 Å². The number of aromatic nitrogens is 1. The zero-order valence-electron chi connectivity index (χ0n) is 10.3. The third-order valence-electron chi connectivity index (χ3n) is 2.46. The van der Waals surface area contributed by atoms with E-state index in [1.165, 1.54) is 12.3 Å². The van der Waals surface area contributed by atoms with Crippen molar-refractivity contribution in [3.05, 3.63) is 64.6 Å². The van der Waals surface area contributed by atoms with Crippen molar-refractivity contribution in [2.45, 2.75) is 0 Å². The molecule has 98 valence electrons. The summed E-state index contributed by atoms with van der Waals surface area (Å²) in [5.74, 6) is 0.341. The number of ether oxygens (including phenoxy) is 1. The Morgan fingerprint density at radius 1 is 1.16 bits per heavy atom. The Kier molecular flexibility index (Phi) is 4.34. The van der Waals surface area contributed by atoms with E-state index in [1.54, 1.807) is 6.07 Å². The molecule has 5 nitrogen and oxygen atoms in total. The Morgan fingerprint density at radius 2 is 1.95 bits per heavy atom. The normalized spacial score (nSPS) is 9.89. The lowest BCUT2D eigenvalue weighted by molar-refractivity contribution is 0.0945. The maximum absolute atomic E-state index is 11.7. The summed E-state index contributed by atoms with van der Waals surface area (Å²) in [7, 11) is 0. The summed E-state index contributed by atoms with van der Waals surface area (Å²) in [6.07, 6.45) is 1.48. The van der Waals surface area contributed by atoms with Crippen molar-refractivity contribution in [1.82, 2.24) is 10.3 Å². The lowest BCUT2D eigenvalue weighted by atomic mass is 10.2. The molecule has 0 aliphatic heterocycles. The van der Waals surface area contributed by atoms with Crippen molar-refractivity contribution in [3.8, 4) is 5.75 Å². The molecule has 0 spiro atoms. The smallest absolute Gasteiger partial charge is 0.260 e. The molecule has 0 bridgehead atoms. The average Bonchev–Trinajstić information content (AvgIpc) is 2.45. The van der Waals surface area contributed by atoms with Crippen LogP contribution in [0, 0.1) is 0 Å². The van der Waals surface area contributed by atoms with Crippen LogP contribution in [0.15, 0.2) is 53.5 Å². The fraction of sp³-hybridized carbons (Fsp3) is 0.143. The second-order valence-corrected chi connectivity index (χ2v) is 3.83. The molecule has 19 heavy (non-hydrogen) atoms. The van der Waals surface area contributed by atoms with Crippen LogP contribution < -0.4 is 15.6 Å². The standard InChI is InChI=1S/C14H14N2O3/c17-13-12(7-4-8-15-13)14(18)16-9-10-19-11-5-2-1-3-6-11/h1-8H,9-10H2,(H,15,17)(H,16,18). The van der Waals surface area contributed by atoms with Crippen molar-refractivity contribution in [2.24, 2.45) is 0 Å². The highest BCUT2D eigenvalue weighted by molar-refractivity contribution is 5.93. The van der Waals surface area contributed by atoms with E-state index in [0.717, 1.165) is 5.75 Å². The van der Waals surface area contributed by atoms with E-state index in [4.69, 9.17) is 4.74 Å². The number of para-hydroxylation sites is 1. The molecular weight excluding hydrogens is 244 g/mol. The number of benzene rings is 1. The molecule has 2 rings (SSSR count). The fourth-order valence-corrected chi connectivity index (χ4v) is 1.55. The maximum Gasteiger partial charge on any atom is 0.260 e. The number of pyridine rings is 1. The van der Waals surface area contributed by atoms with Crippen LogP contribution in [-0.2, 0) is 0 Å². The van der Waals surface area contributed by atoms with Crippen LogP contribution in [0.2, 0.25) is 0 Å². The van der Waals surface area contributed by atoms with Gasteiger partial charge in [0, 0.05) is 6.20 Å². The van der Waals surface area contributed by atoms with Gasteiger partial charge in [0.1, 0.15) is 17.9 Å². The Morgan fingerprint density at radius 3 is 2.68 bits per heavy atom. The van der Waals surface area contributed by atoms with Gasteiger partial charge < -0.3 is 15.0 Å². The number of carbonyl (C=O) groups is 1. The fourth-order valence-electron chi connectivity index (χ4n) is 1.55. The van der Waals surface area contributed by atoms with Crippen LogP contribution in [-0.4, -0.2) is 24.0 Å². The van der Waals surface area contributed by atoms with E-state index >= 15 is 0 Å². The van der Waals surface area contributed by atoms with Gasteiger partial charge in [-0.3, -0.25) is 9.59 Å². The van der Waals surface area contributed by atoms with Crippen molar-refractivity contribution in [1.29, 1.82) is 0 Å². The largest absolute Gasteiger partial charge is 0.492 e. The van der Waals surface area contributed by atoms with Crippen molar-refractivity contribution in [2.75, 3.05) is 13.2 Å². The number of aromatic amines is 1. The average molecular weight is 258 g/mol. The maximum atomic E-state index is 11.7. The number of nitrogens with one attached hydrogen (secondary N) is 2. The summed E-state index contributed by atoms with van der Waals surface area (Å²) in [5, 5.41) is 2.63. The lowest BCUT2D eigenvalue weighted by Crippen LogP contribution is -2.32. The van der Waals surface area contributed by atoms with Crippen molar-refractivity contribution < 1.29 is 9.53 Å². The molecule has 0 saturated carbocycles. The van der Waals surface area contributed by atoms with Gasteiger partial charge in [0.2, 0.25) is 0 Å². The van der Waals surface area contributed by atoms with Crippen LogP contribution in [0.3, 0.4) is 0 Å². The van der Waals surface area contributed by atoms with E-state index in [1.807, 2.05) is 30.3 Å². The molecule has 0 fully saturated rings. The summed E-state index contributed by atoms with van der Waals surface area (Å²) in [6, 6.07) is 12.4. The first kappa shape index (κ1) is 12.9. The Labute approximate surface area is 110 Å². The topological polar surface area (TPSA) is 71.2 Å². The van der Waals surface area contributed by atoms with Crippen molar-refractivity contribution in [3.63, 3.8) is 0 Å². The number of rotatable bonds is 5. The van der Waals surface area contributed by atoms with E-state index in [2.05, 4.69) is 10.3 Å². The number of carbonyl (C=O) groups excluding carboxylic acids is 1. The van der Waals surface area contributed by atoms with Gasteiger partial charge in [0.25, 0.3) is 11.5 Å². The second kappa shape index (κ2) is 6.39. The second-order valence-electron chi connectivity index (χ2n) is 3.83. The van der Waals surface area contributed by atoms with Gasteiger partial charge in [-0.1, -0.05) is 18.2 Å². The first-order valence-corrected chi connectivity index (χ1v) is 5.91. The highest BCUT2D eigenvalue weighted by Gasteiger charge is 2.08. The van der Waals surface area contributed by atoms with Gasteiger partial charge in [-0.2, -0.15) is 0 Å². The van der Waals surface area contributed by atoms with Crippen LogP contribution in [0.5, 0.6) is 5.75 Å². The predicted octanol–water partition coefficient (Wildman–Crippen LogP) is 1.18. The monoisotopic (exact) mass is 258 g/mol. The van der Waals surface area contributed by atoms with E-state index < -0.39 is 11.5 Å². The molecule has 0 aliphatic carbocycles. The molecule has 1 amide bonds. The third kappa shape index (κ3) is 3.70. The molecule has 2 aromatic rings. The Bertz CT molecular complexity index is 593. The minimum absolute atomic E-state index is 0.0993. The Balaban J connectivity index is 1.79. The molecule has 0 aliphatic rings. The number of H-pyrrole nitrogens is 1. The summed E-state index contributed by atoms with van der Waals surface area (Å²) in [5.41, 5.74) is -0.300. The minimum atomic E-state index is -0.404. The highest BCUT2D eigenvalue weighted by Crippen LogP contribution is 2.07. The lowest BCUT2D eigenvalue weighted by Gasteiger charge is -2.07. The molecule has 0 unspecified atom stereocenters. The van der Waals surface area contributed by atoms with Gasteiger partial charge in [-0.05, 0) is 24.3 Å². The number of amides is 1. The first-order chi connectivity index (χ1) is 9.27. The van der Waals surface area contributed by atoms with E-state index in [0.29, 0.717) is 13.2 Å². The molecule has 0 atom stereocenters. The SMILES string of the molecule is O=C(NCCOc1ccccc1)c1ccc[nH]c1=O. The van der Waals surface area contributed by atoms with Crippen molar-refractivity contribution >= 4 is 5.91 Å². The van der Waals surface area contributed by atoms with Gasteiger partial charge in [-0.25, -0.2) is 0 Å². The molecule has 1 aromatic carbocycles. The van der Waals surface area contributed by atoms with Gasteiger partial charge in [0.15, 0.2) is 0 Å². The van der Waals surface area contributed by atoms with Crippen LogP contribution in [0.25, 0.3) is 0 Å². The van der Waals surface area contributed by atoms with E-state index in [-0.39, 0.29) is 5.56 Å². The molecule has 1 heterocycles. The molecular formula is C14H14N2O3. The molecule has 5 heteroatoms. The Hall–Kier alpha value is -2.56. The molecule has 0 saturated heterocycles.